The van der Waals surface area contributed by atoms with Crippen LogP contribution in [0.4, 0.5) is 0 Å². The zero-order valence-corrected chi connectivity index (χ0v) is 10.9. The monoisotopic (exact) mass is 259 g/mol. The molecule has 0 fully saturated rings. The molecule has 1 amide bonds. The quantitative estimate of drug-likeness (QED) is 0.879. The fraction of sp³-hybridized carbons (Fsp3) is 0.417. The van der Waals surface area contributed by atoms with Crippen molar-refractivity contribution in [2.75, 3.05) is 0 Å². The summed E-state index contributed by atoms with van der Waals surface area (Å²) in [5.74, 6) is 0.426. The van der Waals surface area contributed by atoms with Crippen LogP contribution in [0.2, 0.25) is 10.0 Å². The Morgan fingerprint density at radius 1 is 1.31 bits per heavy atom. The molecule has 16 heavy (non-hydrogen) atoms. The van der Waals surface area contributed by atoms with Crippen LogP contribution >= 0.6 is 23.2 Å². The molecule has 0 radical (unpaired) electrons. The molecular formula is C12H15Cl2NO. The van der Waals surface area contributed by atoms with Gasteiger partial charge in [0, 0.05) is 13.0 Å². The molecule has 0 aliphatic rings. The molecule has 1 rings (SSSR count). The van der Waals surface area contributed by atoms with E-state index in [0.717, 1.165) is 5.56 Å². The predicted molar refractivity (Wildman–Crippen MR) is 67.8 cm³/mol. The molecule has 0 bridgehead atoms. The van der Waals surface area contributed by atoms with Gasteiger partial charge in [-0.25, -0.2) is 0 Å². The van der Waals surface area contributed by atoms with Crippen LogP contribution in [-0.2, 0) is 11.3 Å². The van der Waals surface area contributed by atoms with Crippen LogP contribution in [0.25, 0.3) is 0 Å². The molecule has 0 atom stereocenters. The minimum atomic E-state index is 0.0565. The van der Waals surface area contributed by atoms with Gasteiger partial charge in [0.05, 0.1) is 10.0 Å². The van der Waals surface area contributed by atoms with E-state index >= 15 is 0 Å². The van der Waals surface area contributed by atoms with Gasteiger partial charge in [0.15, 0.2) is 0 Å². The van der Waals surface area contributed by atoms with Gasteiger partial charge in [-0.05, 0) is 23.6 Å². The lowest BCUT2D eigenvalue weighted by atomic mass is 10.1. The maximum absolute atomic E-state index is 11.4. The number of rotatable bonds is 4. The molecule has 0 heterocycles. The molecule has 2 nitrogen and oxygen atoms in total. The summed E-state index contributed by atoms with van der Waals surface area (Å²) in [6, 6.07) is 5.34. The molecule has 0 unspecified atom stereocenters. The van der Waals surface area contributed by atoms with Crippen LogP contribution in [0.15, 0.2) is 18.2 Å². The number of carbonyl (C=O) groups is 1. The number of benzene rings is 1. The second-order valence-electron chi connectivity index (χ2n) is 4.12. The molecule has 4 heteroatoms. The smallest absolute Gasteiger partial charge is 0.220 e. The number of halogens is 2. The largest absolute Gasteiger partial charge is 0.352 e. The van der Waals surface area contributed by atoms with Crippen molar-refractivity contribution in [1.29, 1.82) is 0 Å². The Morgan fingerprint density at radius 3 is 2.56 bits per heavy atom. The van der Waals surface area contributed by atoms with E-state index in [1.807, 2.05) is 19.9 Å². The van der Waals surface area contributed by atoms with E-state index in [4.69, 9.17) is 23.2 Å². The first-order valence-electron chi connectivity index (χ1n) is 5.19. The Labute approximate surface area is 106 Å². The molecule has 0 aromatic heterocycles. The molecule has 0 saturated carbocycles. The van der Waals surface area contributed by atoms with Gasteiger partial charge in [-0.15, -0.1) is 0 Å². The molecule has 0 saturated heterocycles. The highest BCUT2D eigenvalue weighted by Crippen LogP contribution is 2.22. The Bertz CT molecular complexity index is 377. The van der Waals surface area contributed by atoms with Gasteiger partial charge in [-0.2, -0.15) is 0 Å². The van der Waals surface area contributed by atoms with Gasteiger partial charge in [0.1, 0.15) is 0 Å². The van der Waals surface area contributed by atoms with Gasteiger partial charge in [0.25, 0.3) is 0 Å². The van der Waals surface area contributed by atoms with Crippen molar-refractivity contribution in [2.45, 2.75) is 26.8 Å². The van der Waals surface area contributed by atoms with Gasteiger partial charge in [-0.1, -0.05) is 43.1 Å². The van der Waals surface area contributed by atoms with E-state index in [0.29, 0.717) is 28.9 Å². The zero-order valence-electron chi connectivity index (χ0n) is 9.39. The summed E-state index contributed by atoms with van der Waals surface area (Å²) < 4.78 is 0. The molecular weight excluding hydrogens is 245 g/mol. The summed E-state index contributed by atoms with van der Waals surface area (Å²) in [6.07, 6.45) is 0.543. The van der Waals surface area contributed by atoms with Crippen molar-refractivity contribution in [3.63, 3.8) is 0 Å². The predicted octanol–water partition coefficient (Wildman–Crippen LogP) is 3.66. The van der Waals surface area contributed by atoms with Gasteiger partial charge >= 0.3 is 0 Å². The van der Waals surface area contributed by atoms with Crippen molar-refractivity contribution in [3.8, 4) is 0 Å². The van der Waals surface area contributed by atoms with Gasteiger partial charge in [0.2, 0.25) is 5.91 Å². The Hall–Kier alpha value is -0.730. The molecule has 0 aliphatic carbocycles. The van der Waals surface area contributed by atoms with Crippen molar-refractivity contribution < 1.29 is 4.79 Å². The van der Waals surface area contributed by atoms with Crippen LogP contribution in [0, 0.1) is 5.92 Å². The lowest BCUT2D eigenvalue weighted by molar-refractivity contribution is -0.121. The highest BCUT2D eigenvalue weighted by molar-refractivity contribution is 6.42. The van der Waals surface area contributed by atoms with Crippen molar-refractivity contribution in [2.24, 2.45) is 5.92 Å². The van der Waals surface area contributed by atoms with Gasteiger partial charge < -0.3 is 5.32 Å². The summed E-state index contributed by atoms with van der Waals surface area (Å²) in [4.78, 5) is 11.4. The standard InChI is InChI=1S/C12H15Cl2NO/c1-8(2)5-12(16)15-7-9-3-4-10(13)11(14)6-9/h3-4,6,8H,5,7H2,1-2H3,(H,15,16). The fourth-order valence-electron chi connectivity index (χ4n) is 1.29. The third kappa shape index (κ3) is 4.42. The normalized spacial score (nSPS) is 10.6. The maximum atomic E-state index is 11.4. The Kier molecular flexibility index (Phi) is 5.10. The first kappa shape index (κ1) is 13.3. The number of hydrogen-bond acceptors (Lipinski definition) is 1. The van der Waals surface area contributed by atoms with Crippen molar-refractivity contribution in [1.82, 2.24) is 5.32 Å². The lowest BCUT2D eigenvalue weighted by Crippen LogP contribution is -2.23. The minimum absolute atomic E-state index is 0.0565. The van der Waals surface area contributed by atoms with Crippen LogP contribution in [-0.4, -0.2) is 5.91 Å². The molecule has 1 N–H and O–H groups in total. The summed E-state index contributed by atoms with van der Waals surface area (Å²) >= 11 is 11.7. The Balaban J connectivity index is 2.48. The van der Waals surface area contributed by atoms with E-state index in [-0.39, 0.29) is 5.91 Å². The van der Waals surface area contributed by atoms with Crippen LogP contribution in [0.5, 0.6) is 0 Å². The van der Waals surface area contributed by atoms with Gasteiger partial charge in [-0.3, -0.25) is 4.79 Å². The number of hydrogen-bond donors (Lipinski definition) is 1. The molecule has 1 aromatic carbocycles. The molecule has 0 spiro atoms. The summed E-state index contributed by atoms with van der Waals surface area (Å²) in [6.45, 7) is 4.51. The van der Waals surface area contributed by atoms with E-state index in [1.165, 1.54) is 0 Å². The molecule has 0 aliphatic heterocycles. The third-order valence-corrected chi connectivity index (χ3v) is 2.81. The van der Waals surface area contributed by atoms with Crippen LogP contribution in [0.1, 0.15) is 25.8 Å². The summed E-state index contributed by atoms with van der Waals surface area (Å²) in [5.41, 5.74) is 0.950. The summed E-state index contributed by atoms with van der Waals surface area (Å²) in [5, 5.41) is 3.87. The zero-order chi connectivity index (χ0) is 12.1. The van der Waals surface area contributed by atoms with Crippen molar-refractivity contribution >= 4 is 29.1 Å². The van der Waals surface area contributed by atoms with Crippen molar-refractivity contribution in [3.05, 3.63) is 33.8 Å². The average Bonchev–Trinajstić information content (AvgIpc) is 2.19. The second kappa shape index (κ2) is 6.12. The average molecular weight is 260 g/mol. The highest BCUT2D eigenvalue weighted by atomic mass is 35.5. The minimum Gasteiger partial charge on any atom is -0.352 e. The molecule has 88 valence electrons. The van der Waals surface area contributed by atoms with E-state index in [1.54, 1.807) is 12.1 Å². The highest BCUT2D eigenvalue weighted by Gasteiger charge is 2.05. The van der Waals surface area contributed by atoms with Crippen LogP contribution in [0.3, 0.4) is 0 Å². The first-order valence-corrected chi connectivity index (χ1v) is 5.95. The van der Waals surface area contributed by atoms with E-state index in [9.17, 15) is 4.79 Å². The van der Waals surface area contributed by atoms with E-state index < -0.39 is 0 Å². The maximum Gasteiger partial charge on any atom is 0.220 e. The summed E-state index contributed by atoms with van der Waals surface area (Å²) in [7, 11) is 0. The lowest BCUT2D eigenvalue weighted by Gasteiger charge is -2.07. The molecule has 1 aromatic rings. The second-order valence-corrected chi connectivity index (χ2v) is 4.94. The third-order valence-electron chi connectivity index (χ3n) is 2.07. The number of nitrogens with one attached hydrogen (secondary N) is 1. The first-order chi connectivity index (χ1) is 7.49. The topological polar surface area (TPSA) is 29.1 Å². The van der Waals surface area contributed by atoms with E-state index in [2.05, 4.69) is 5.32 Å². The fourth-order valence-corrected chi connectivity index (χ4v) is 1.61. The SMILES string of the molecule is CC(C)CC(=O)NCc1ccc(Cl)c(Cl)c1. The van der Waals surface area contributed by atoms with Crippen LogP contribution < -0.4 is 5.32 Å². The number of carbonyl (C=O) groups excluding carboxylic acids is 1. The Morgan fingerprint density at radius 2 is 2.00 bits per heavy atom. The number of amides is 1.